The summed E-state index contributed by atoms with van der Waals surface area (Å²) in [5.74, 6) is 0.834. The van der Waals surface area contributed by atoms with Crippen LogP contribution in [0.5, 0.6) is 0 Å². The Morgan fingerprint density at radius 1 is 1.42 bits per heavy atom. The molecule has 3 heteroatoms. The third kappa shape index (κ3) is 1.12. The maximum absolute atomic E-state index is 10.6. The number of nitrogens with two attached hydrogens (primary N) is 1. The minimum atomic E-state index is -0.826. The Kier molecular flexibility index (Phi) is 1.83. The van der Waals surface area contributed by atoms with Crippen LogP contribution in [0.25, 0.3) is 0 Å². The summed E-state index contributed by atoms with van der Waals surface area (Å²) in [5, 5.41) is 8.75. The maximum atomic E-state index is 10.6. The van der Waals surface area contributed by atoms with Crippen LogP contribution < -0.4 is 5.73 Å². The average molecular weight is 169 g/mol. The molecule has 0 saturated heterocycles. The van der Waals surface area contributed by atoms with Crippen molar-refractivity contribution in [3.05, 3.63) is 0 Å². The number of rotatable bonds is 2. The highest BCUT2D eigenvalue weighted by atomic mass is 16.4. The van der Waals surface area contributed by atoms with Crippen molar-refractivity contribution in [2.75, 3.05) is 0 Å². The van der Waals surface area contributed by atoms with Crippen LogP contribution in [0.15, 0.2) is 0 Å². The molecule has 12 heavy (non-hydrogen) atoms. The molecule has 0 aromatic rings. The van der Waals surface area contributed by atoms with E-state index in [0.29, 0.717) is 5.92 Å². The molecule has 2 aliphatic carbocycles. The first-order valence-electron chi connectivity index (χ1n) is 4.67. The number of carboxylic acid groups (broad SMARTS) is 1. The van der Waals surface area contributed by atoms with E-state index in [-0.39, 0.29) is 5.92 Å². The van der Waals surface area contributed by atoms with E-state index in [9.17, 15) is 4.79 Å². The van der Waals surface area contributed by atoms with Gasteiger partial charge in [-0.3, -0.25) is 4.79 Å². The molecule has 3 nitrogen and oxygen atoms in total. The average Bonchev–Trinajstić information content (AvgIpc) is 2.62. The van der Waals surface area contributed by atoms with E-state index in [0.717, 1.165) is 12.3 Å². The Hall–Kier alpha value is -0.570. The van der Waals surface area contributed by atoms with Crippen LogP contribution in [-0.2, 0) is 4.79 Å². The molecule has 0 heterocycles. The van der Waals surface area contributed by atoms with Crippen LogP contribution in [0, 0.1) is 17.8 Å². The molecular weight excluding hydrogens is 154 g/mol. The fourth-order valence-electron chi connectivity index (χ4n) is 2.92. The largest absolute Gasteiger partial charge is 0.480 e. The molecular formula is C9H15NO2. The number of aliphatic carboxylic acids is 1. The van der Waals surface area contributed by atoms with Crippen LogP contribution in [0.4, 0.5) is 0 Å². The van der Waals surface area contributed by atoms with E-state index in [1.807, 2.05) is 0 Å². The smallest absolute Gasteiger partial charge is 0.320 e. The van der Waals surface area contributed by atoms with Crippen LogP contribution in [0.1, 0.15) is 25.7 Å². The third-order valence-corrected chi connectivity index (χ3v) is 3.54. The van der Waals surface area contributed by atoms with Crippen molar-refractivity contribution in [1.29, 1.82) is 0 Å². The minimum absolute atomic E-state index is 0.265. The molecule has 0 radical (unpaired) electrons. The standard InChI is InChI=1S/C9H15NO2/c10-8(9(11)12)7-4-5-1-2-6(7)3-5/h5-8H,1-4,10H2,(H,11,12). The van der Waals surface area contributed by atoms with Gasteiger partial charge in [0.2, 0.25) is 0 Å². The van der Waals surface area contributed by atoms with Gasteiger partial charge in [-0.05, 0) is 37.0 Å². The van der Waals surface area contributed by atoms with E-state index in [4.69, 9.17) is 10.8 Å². The monoisotopic (exact) mass is 169 g/mol. The Labute approximate surface area is 71.9 Å². The quantitative estimate of drug-likeness (QED) is 0.643. The fourth-order valence-corrected chi connectivity index (χ4v) is 2.92. The van der Waals surface area contributed by atoms with E-state index >= 15 is 0 Å². The summed E-state index contributed by atoms with van der Waals surface area (Å²) < 4.78 is 0. The zero-order chi connectivity index (χ0) is 8.72. The molecule has 68 valence electrons. The number of hydrogen-bond donors (Lipinski definition) is 2. The first kappa shape index (κ1) is 8.05. The molecule has 2 fully saturated rings. The lowest BCUT2D eigenvalue weighted by Gasteiger charge is -2.24. The van der Waals surface area contributed by atoms with Crippen molar-refractivity contribution in [3.8, 4) is 0 Å². The van der Waals surface area contributed by atoms with Gasteiger partial charge in [-0.15, -0.1) is 0 Å². The summed E-state index contributed by atoms with van der Waals surface area (Å²) in [5.41, 5.74) is 5.61. The summed E-state index contributed by atoms with van der Waals surface area (Å²) >= 11 is 0. The zero-order valence-electron chi connectivity index (χ0n) is 7.07. The highest BCUT2D eigenvalue weighted by Gasteiger charge is 2.43. The molecule has 0 aromatic carbocycles. The SMILES string of the molecule is NC(C(=O)O)C1CC2CCC1C2. The van der Waals surface area contributed by atoms with Gasteiger partial charge in [0.05, 0.1) is 0 Å². The molecule has 3 N–H and O–H groups in total. The highest BCUT2D eigenvalue weighted by Crippen LogP contribution is 2.49. The third-order valence-electron chi connectivity index (χ3n) is 3.54. The first-order valence-corrected chi connectivity index (χ1v) is 4.67. The highest BCUT2D eigenvalue weighted by molar-refractivity contribution is 5.73. The summed E-state index contributed by atoms with van der Waals surface area (Å²) in [7, 11) is 0. The van der Waals surface area contributed by atoms with Gasteiger partial charge in [-0.25, -0.2) is 0 Å². The molecule has 0 aromatic heterocycles. The Balaban J connectivity index is 2.02. The van der Waals surface area contributed by atoms with Crippen molar-refractivity contribution in [2.24, 2.45) is 23.5 Å². The summed E-state index contributed by atoms with van der Waals surface area (Å²) in [4.78, 5) is 10.6. The summed E-state index contributed by atoms with van der Waals surface area (Å²) in [6.07, 6.45) is 4.79. The Bertz CT molecular complexity index is 205. The molecule has 2 rings (SSSR count). The number of fused-ring (bicyclic) bond motifs is 2. The van der Waals surface area contributed by atoms with Gasteiger partial charge >= 0.3 is 5.97 Å². The molecule has 0 aliphatic heterocycles. The van der Waals surface area contributed by atoms with Gasteiger partial charge in [0.15, 0.2) is 0 Å². The predicted octanol–water partition coefficient (Wildman–Crippen LogP) is 0.834. The Morgan fingerprint density at radius 2 is 2.17 bits per heavy atom. The lowest BCUT2D eigenvalue weighted by atomic mass is 9.84. The summed E-state index contributed by atoms with van der Waals surface area (Å²) in [6, 6.07) is -0.611. The van der Waals surface area contributed by atoms with Gasteiger partial charge < -0.3 is 10.8 Å². The topological polar surface area (TPSA) is 63.3 Å². The van der Waals surface area contributed by atoms with Gasteiger partial charge in [0.1, 0.15) is 6.04 Å². The lowest BCUT2D eigenvalue weighted by Crippen LogP contribution is -2.40. The van der Waals surface area contributed by atoms with Crippen molar-refractivity contribution in [3.63, 3.8) is 0 Å². The van der Waals surface area contributed by atoms with Crippen LogP contribution >= 0.6 is 0 Å². The Morgan fingerprint density at radius 3 is 2.58 bits per heavy atom. The molecule has 2 bridgehead atoms. The van der Waals surface area contributed by atoms with Crippen molar-refractivity contribution < 1.29 is 9.90 Å². The van der Waals surface area contributed by atoms with Crippen molar-refractivity contribution >= 4 is 5.97 Å². The van der Waals surface area contributed by atoms with E-state index in [1.165, 1.54) is 19.3 Å². The molecule has 4 atom stereocenters. The molecule has 2 saturated carbocycles. The second-order valence-corrected chi connectivity index (χ2v) is 4.20. The summed E-state index contributed by atoms with van der Waals surface area (Å²) in [6.45, 7) is 0. The van der Waals surface area contributed by atoms with Gasteiger partial charge in [0, 0.05) is 0 Å². The van der Waals surface area contributed by atoms with Crippen molar-refractivity contribution in [2.45, 2.75) is 31.7 Å². The molecule has 2 aliphatic rings. The van der Waals surface area contributed by atoms with Gasteiger partial charge in [-0.1, -0.05) is 6.42 Å². The van der Waals surface area contributed by atoms with Gasteiger partial charge in [0.25, 0.3) is 0 Å². The normalized spacial score (nSPS) is 41.6. The number of hydrogen-bond acceptors (Lipinski definition) is 2. The zero-order valence-corrected chi connectivity index (χ0v) is 7.07. The maximum Gasteiger partial charge on any atom is 0.320 e. The van der Waals surface area contributed by atoms with E-state index in [2.05, 4.69) is 0 Å². The fraction of sp³-hybridized carbons (Fsp3) is 0.889. The minimum Gasteiger partial charge on any atom is -0.480 e. The van der Waals surface area contributed by atoms with Gasteiger partial charge in [-0.2, -0.15) is 0 Å². The van der Waals surface area contributed by atoms with Crippen LogP contribution in [0.2, 0.25) is 0 Å². The van der Waals surface area contributed by atoms with Crippen molar-refractivity contribution in [1.82, 2.24) is 0 Å². The first-order chi connectivity index (χ1) is 5.68. The molecule has 0 spiro atoms. The second kappa shape index (κ2) is 2.73. The van der Waals surface area contributed by atoms with Crippen LogP contribution in [-0.4, -0.2) is 17.1 Å². The molecule has 4 unspecified atom stereocenters. The van der Waals surface area contributed by atoms with E-state index < -0.39 is 12.0 Å². The van der Waals surface area contributed by atoms with Crippen LogP contribution in [0.3, 0.4) is 0 Å². The molecule has 0 amide bonds. The number of carboxylic acids is 1. The van der Waals surface area contributed by atoms with E-state index in [1.54, 1.807) is 0 Å². The predicted molar refractivity (Wildman–Crippen MR) is 44.5 cm³/mol. The second-order valence-electron chi connectivity index (χ2n) is 4.20. The number of carbonyl (C=O) groups is 1. The lowest BCUT2D eigenvalue weighted by molar-refractivity contribution is -0.140.